The van der Waals surface area contributed by atoms with Crippen molar-refractivity contribution in [2.24, 2.45) is 0 Å². The SMILES string of the molecule is Cc1cccc2c(N(C)CCCN(C)C)nc(-c3cc(Br)cc(C(F)(F)F)c3)nc12. The van der Waals surface area contributed by atoms with Crippen LogP contribution in [0.3, 0.4) is 0 Å². The summed E-state index contributed by atoms with van der Waals surface area (Å²) in [5.41, 5.74) is 1.28. The number of fused-ring (bicyclic) bond motifs is 1. The Bertz CT molecular complexity index is 1050. The lowest BCUT2D eigenvalue weighted by Gasteiger charge is -2.22. The zero-order valence-electron chi connectivity index (χ0n) is 17.4. The van der Waals surface area contributed by atoms with Crippen molar-refractivity contribution >= 4 is 32.7 Å². The maximum atomic E-state index is 13.3. The minimum Gasteiger partial charge on any atom is -0.359 e. The van der Waals surface area contributed by atoms with Crippen LogP contribution in [0.4, 0.5) is 19.0 Å². The Balaban J connectivity index is 2.13. The van der Waals surface area contributed by atoms with E-state index in [1.807, 2.05) is 51.2 Å². The van der Waals surface area contributed by atoms with Crippen molar-refractivity contribution in [1.29, 1.82) is 0 Å². The van der Waals surface area contributed by atoms with E-state index in [2.05, 4.69) is 30.8 Å². The zero-order valence-corrected chi connectivity index (χ0v) is 19.0. The van der Waals surface area contributed by atoms with Crippen molar-refractivity contribution < 1.29 is 13.2 Å². The molecule has 0 saturated heterocycles. The summed E-state index contributed by atoms with van der Waals surface area (Å²) in [7, 11) is 5.99. The van der Waals surface area contributed by atoms with Crippen LogP contribution in [0.15, 0.2) is 40.9 Å². The van der Waals surface area contributed by atoms with Gasteiger partial charge in [0.15, 0.2) is 5.82 Å². The van der Waals surface area contributed by atoms with Crippen molar-refractivity contribution in [3.63, 3.8) is 0 Å². The highest BCUT2D eigenvalue weighted by atomic mass is 79.9. The molecule has 0 radical (unpaired) electrons. The van der Waals surface area contributed by atoms with Crippen molar-refractivity contribution in [1.82, 2.24) is 14.9 Å². The number of hydrogen-bond acceptors (Lipinski definition) is 4. The minimum absolute atomic E-state index is 0.276. The van der Waals surface area contributed by atoms with Gasteiger partial charge < -0.3 is 9.80 Å². The maximum absolute atomic E-state index is 13.3. The van der Waals surface area contributed by atoms with Gasteiger partial charge in [-0.25, -0.2) is 9.97 Å². The van der Waals surface area contributed by atoms with Gasteiger partial charge in [0.1, 0.15) is 5.82 Å². The third-order valence-electron chi connectivity index (χ3n) is 4.85. The molecule has 3 aromatic rings. The van der Waals surface area contributed by atoms with Crippen LogP contribution in [0.1, 0.15) is 17.5 Å². The highest BCUT2D eigenvalue weighted by Crippen LogP contribution is 2.35. The molecule has 0 amide bonds. The molecule has 1 heterocycles. The first-order valence-corrected chi connectivity index (χ1v) is 10.4. The second kappa shape index (κ2) is 8.89. The van der Waals surface area contributed by atoms with Gasteiger partial charge >= 0.3 is 6.18 Å². The molecule has 0 bridgehead atoms. The average Bonchev–Trinajstić information content (AvgIpc) is 2.66. The van der Waals surface area contributed by atoms with E-state index in [-0.39, 0.29) is 5.82 Å². The van der Waals surface area contributed by atoms with Gasteiger partial charge in [-0.15, -0.1) is 0 Å². The number of rotatable bonds is 6. The van der Waals surface area contributed by atoms with Gasteiger partial charge in [0.05, 0.1) is 11.1 Å². The normalized spacial score (nSPS) is 12.0. The number of halogens is 4. The summed E-state index contributed by atoms with van der Waals surface area (Å²) in [5.74, 6) is 0.990. The number of benzene rings is 2. The predicted octanol–water partition coefficient (Wildman–Crippen LogP) is 5.77. The quantitative estimate of drug-likeness (QED) is 0.447. The lowest BCUT2D eigenvalue weighted by Crippen LogP contribution is -2.24. The summed E-state index contributed by atoms with van der Waals surface area (Å²) in [6, 6.07) is 9.61. The molecule has 3 rings (SSSR count). The van der Waals surface area contributed by atoms with Crippen LogP contribution in [-0.2, 0) is 6.18 Å². The summed E-state index contributed by atoms with van der Waals surface area (Å²) in [4.78, 5) is 13.5. The number of alkyl halides is 3. The fourth-order valence-corrected chi connectivity index (χ4v) is 3.80. The van der Waals surface area contributed by atoms with Gasteiger partial charge in [0.2, 0.25) is 0 Å². The van der Waals surface area contributed by atoms with E-state index >= 15 is 0 Å². The van der Waals surface area contributed by atoms with Crippen molar-refractivity contribution in [2.75, 3.05) is 39.1 Å². The molecule has 0 atom stereocenters. The smallest absolute Gasteiger partial charge is 0.359 e. The minimum atomic E-state index is -4.45. The summed E-state index contributed by atoms with van der Waals surface area (Å²) < 4.78 is 40.3. The van der Waals surface area contributed by atoms with Crippen LogP contribution in [0.5, 0.6) is 0 Å². The topological polar surface area (TPSA) is 32.3 Å². The average molecular weight is 481 g/mol. The van der Waals surface area contributed by atoms with Gasteiger partial charge in [0.25, 0.3) is 0 Å². The maximum Gasteiger partial charge on any atom is 0.416 e. The lowest BCUT2D eigenvalue weighted by atomic mass is 10.1. The number of aromatic nitrogens is 2. The highest BCUT2D eigenvalue weighted by Gasteiger charge is 2.31. The summed E-state index contributed by atoms with van der Waals surface area (Å²) >= 11 is 3.19. The molecule has 0 aliphatic rings. The molecule has 160 valence electrons. The van der Waals surface area contributed by atoms with Crippen LogP contribution in [0.2, 0.25) is 0 Å². The third kappa shape index (κ3) is 5.10. The molecular formula is C22H24BrF3N4. The standard InChI is InChI=1S/C22H24BrF3N4/c1-14-7-5-8-18-19(14)27-20(28-21(18)30(4)10-6-9-29(2)3)15-11-16(22(24,25)26)13-17(23)12-15/h5,7-8,11-13H,6,9-10H2,1-4H3. The third-order valence-corrected chi connectivity index (χ3v) is 5.31. The predicted molar refractivity (Wildman–Crippen MR) is 119 cm³/mol. The molecule has 0 spiro atoms. The molecule has 2 aromatic carbocycles. The van der Waals surface area contributed by atoms with E-state index in [4.69, 9.17) is 0 Å². The molecule has 0 saturated carbocycles. The van der Waals surface area contributed by atoms with Gasteiger partial charge in [-0.05, 0) is 63.8 Å². The monoisotopic (exact) mass is 480 g/mol. The lowest BCUT2D eigenvalue weighted by molar-refractivity contribution is -0.137. The first-order valence-electron chi connectivity index (χ1n) is 9.57. The Labute approximate surface area is 182 Å². The van der Waals surface area contributed by atoms with E-state index in [9.17, 15) is 13.2 Å². The van der Waals surface area contributed by atoms with Gasteiger partial charge in [-0.2, -0.15) is 13.2 Å². The highest BCUT2D eigenvalue weighted by molar-refractivity contribution is 9.10. The number of hydrogen-bond donors (Lipinski definition) is 0. The Hall–Kier alpha value is -2.19. The van der Waals surface area contributed by atoms with Crippen molar-refractivity contribution in [3.8, 4) is 11.4 Å². The fourth-order valence-electron chi connectivity index (χ4n) is 3.31. The van der Waals surface area contributed by atoms with Crippen LogP contribution in [0.25, 0.3) is 22.3 Å². The fraction of sp³-hybridized carbons (Fsp3) is 0.364. The van der Waals surface area contributed by atoms with E-state index in [0.717, 1.165) is 48.1 Å². The van der Waals surface area contributed by atoms with E-state index < -0.39 is 11.7 Å². The first-order chi connectivity index (χ1) is 14.1. The largest absolute Gasteiger partial charge is 0.416 e. The van der Waals surface area contributed by atoms with Crippen LogP contribution in [-0.4, -0.2) is 49.1 Å². The molecule has 4 nitrogen and oxygen atoms in total. The Morgan fingerprint density at radius 1 is 1.00 bits per heavy atom. The Morgan fingerprint density at radius 2 is 1.73 bits per heavy atom. The number of nitrogens with zero attached hydrogens (tertiary/aromatic N) is 4. The van der Waals surface area contributed by atoms with Crippen LogP contribution in [0, 0.1) is 6.92 Å². The molecule has 1 aromatic heterocycles. The first kappa shape index (κ1) is 22.5. The summed E-state index contributed by atoms with van der Waals surface area (Å²) in [5, 5.41) is 0.886. The number of anilines is 1. The molecular weight excluding hydrogens is 457 g/mol. The molecule has 0 fully saturated rings. The van der Waals surface area contributed by atoms with E-state index in [1.165, 1.54) is 0 Å². The van der Waals surface area contributed by atoms with E-state index in [1.54, 1.807) is 6.07 Å². The van der Waals surface area contributed by atoms with Crippen LogP contribution >= 0.6 is 15.9 Å². The molecule has 30 heavy (non-hydrogen) atoms. The van der Waals surface area contributed by atoms with Crippen molar-refractivity contribution in [3.05, 3.63) is 52.0 Å². The molecule has 0 unspecified atom stereocenters. The van der Waals surface area contributed by atoms with Gasteiger partial charge in [-0.1, -0.05) is 28.1 Å². The van der Waals surface area contributed by atoms with Gasteiger partial charge in [0, 0.05) is 29.0 Å². The molecule has 0 aliphatic carbocycles. The van der Waals surface area contributed by atoms with Crippen LogP contribution < -0.4 is 4.90 Å². The Kier molecular flexibility index (Phi) is 6.67. The summed E-state index contributed by atoms with van der Waals surface area (Å²) in [6.07, 6.45) is -3.51. The van der Waals surface area contributed by atoms with Crippen molar-refractivity contribution in [2.45, 2.75) is 19.5 Å². The summed E-state index contributed by atoms with van der Waals surface area (Å²) in [6.45, 7) is 3.64. The van der Waals surface area contributed by atoms with E-state index in [0.29, 0.717) is 15.9 Å². The Morgan fingerprint density at radius 3 is 2.40 bits per heavy atom. The molecule has 8 heteroatoms. The molecule has 0 aliphatic heterocycles. The number of aryl methyl sites for hydroxylation is 1. The zero-order chi connectivity index (χ0) is 22.1. The second-order valence-electron chi connectivity index (χ2n) is 7.65. The van der Waals surface area contributed by atoms with Gasteiger partial charge in [-0.3, -0.25) is 0 Å². The number of para-hydroxylation sites is 1. The molecule has 0 N–H and O–H groups in total. The second-order valence-corrected chi connectivity index (χ2v) is 8.56.